The Bertz CT molecular complexity index is 892. The minimum atomic E-state index is -4.68. The molecule has 0 N–H and O–H groups in total. The predicted octanol–water partition coefficient (Wildman–Crippen LogP) is 3.70. The Balaban J connectivity index is 1.79. The lowest BCUT2D eigenvalue weighted by Crippen LogP contribution is -2.28. The second-order valence-corrected chi connectivity index (χ2v) is 5.40. The maximum atomic E-state index is 12.5. The number of halogens is 3. The van der Waals surface area contributed by atoms with E-state index in [1.54, 1.807) is 48.7 Å². The van der Waals surface area contributed by atoms with Crippen molar-refractivity contribution in [2.24, 2.45) is 0 Å². The Morgan fingerprint density at radius 1 is 1.12 bits per heavy atom. The molecule has 6 nitrogen and oxygen atoms in total. The summed E-state index contributed by atoms with van der Waals surface area (Å²) in [5.74, 6) is -1.29. The molecule has 1 aromatic carbocycles. The fourth-order valence-corrected chi connectivity index (χ4v) is 2.26. The summed E-state index contributed by atoms with van der Waals surface area (Å²) in [5.41, 5.74) is 1.12. The van der Waals surface area contributed by atoms with Gasteiger partial charge in [0.15, 0.2) is 0 Å². The van der Waals surface area contributed by atoms with Gasteiger partial charge in [-0.2, -0.15) is 13.2 Å². The molecule has 0 aliphatic carbocycles. The van der Waals surface area contributed by atoms with Gasteiger partial charge in [-0.25, -0.2) is 4.98 Å². The van der Waals surface area contributed by atoms with Gasteiger partial charge in [-0.15, -0.1) is 10.2 Å². The standard InChI is InChI=1S/C17H13F3N4O2/c1-11(25)24(14-4-2-3-9-21-14)10-12-5-7-13(8-6-12)15-22-23-16(26-15)17(18,19)20/h2-9H,10H2,1H3. The van der Waals surface area contributed by atoms with Crippen molar-refractivity contribution < 1.29 is 22.4 Å². The van der Waals surface area contributed by atoms with Crippen LogP contribution in [-0.4, -0.2) is 21.1 Å². The average Bonchev–Trinajstić information content (AvgIpc) is 3.11. The first kappa shape index (κ1) is 17.6. The molecule has 0 radical (unpaired) electrons. The molecule has 0 spiro atoms. The number of rotatable bonds is 4. The number of pyridine rings is 1. The van der Waals surface area contributed by atoms with Crippen molar-refractivity contribution in [2.75, 3.05) is 4.90 Å². The molecule has 0 saturated heterocycles. The molecule has 0 bridgehead atoms. The fraction of sp³-hybridized carbons (Fsp3) is 0.176. The second-order valence-electron chi connectivity index (χ2n) is 5.40. The third-order valence-corrected chi connectivity index (χ3v) is 3.52. The maximum absolute atomic E-state index is 12.5. The topological polar surface area (TPSA) is 72.1 Å². The zero-order valence-corrected chi connectivity index (χ0v) is 13.6. The van der Waals surface area contributed by atoms with Crippen molar-refractivity contribution in [1.82, 2.24) is 15.2 Å². The molecule has 26 heavy (non-hydrogen) atoms. The van der Waals surface area contributed by atoms with E-state index in [-0.39, 0.29) is 18.3 Å². The summed E-state index contributed by atoms with van der Waals surface area (Å²) >= 11 is 0. The van der Waals surface area contributed by atoms with Crippen molar-refractivity contribution in [3.05, 3.63) is 60.1 Å². The van der Waals surface area contributed by atoms with E-state index in [4.69, 9.17) is 0 Å². The molecule has 0 unspecified atom stereocenters. The number of aromatic nitrogens is 3. The third kappa shape index (κ3) is 3.88. The van der Waals surface area contributed by atoms with E-state index < -0.39 is 12.1 Å². The van der Waals surface area contributed by atoms with Crippen molar-refractivity contribution in [3.63, 3.8) is 0 Å². The monoisotopic (exact) mass is 362 g/mol. The van der Waals surface area contributed by atoms with E-state index >= 15 is 0 Å². The molecule has 9 heteroatoms. The predicted molar refractivity (Wildman–Crippen MR) is 85.8 cm³/mol. The van der Waals surface area contributed by atoms with E-state index in [0.717, 1.165) is 5.56 Å². The maximum Gasteiger partial charge on any atom is 0.470 e. The fourth-order valence-electron chi connectivity index (χ4n) is 2.26. The van der Waals surface area contributed by atoms with E-state index in [1.807, 2.05) is 0 Å². The highest BCUT2D eigenvalue weighted by Crippen LogP contribution is 2.30. The lowest BCUT2D eigenvalue weighted by atomic mass is 10.1. The van der Waals surface area contributed by atoms with Crippen LogP contribution in [0.2, 0.25) is 0 Å². The molecule has 3 rings (SSSR count). The summed E-state index contributed by atoms with van der Waals surface area (Å²) in [6.45, 7) is 1.70. The Kier molecular flexibility index (Phi) is 4.70. The number of amides is 1. The summed E-state index contributed by atoms with van der Waals surface area (Å²) < 4.78 is 42.2. The highest BCUT2D eigenvalue weighted by molar-refractivity contribution is 5.90. The minimum absolute atomic E-state index is 0.181. The van der Waals surface area contributed by atoms with Crippen LogP contribution in [0.25, 0.3) is 11.5 Å². The van der Waals surface area contributed by atoms with Crippen LogP contribution >= 0.6 is 0 Å². The number of nitrogens with zero attached hydrogens (tertiary/aromatic N) is 4. The van der Waals surface area contributed by atoms with Crippen LogP contribution in [0.3, 0.4) is 0 Å². The number of anilines is 1. The second kappa shape index (κ2) is 6.95. The van der Waals surface area contributed by atoms with Gasteiger partial charge in [-0.05, 0) is 29.8 Å². The first-order chi connectivity index (χ1) is 12.3. The van der Waals surface area contributed by atoms with E-state index in [1.165, 1.54) is 11.8 Å². The number of alkyl halides is 3. The average molecular weight is 362 g/mol. The molecule has 0 aliphatic heterocycles. The first-order valence-electron chi connectivity index (χ1n) is 7.54. The van der Waals surface area contributed by atoms with Crippen LogP contribution in [0.15, 0.2) is 53.1 Å². The number of carbonyl (C=O) groups is 1. The van der Waals surface area contributed by atoms with Gasteiger partial charge >= 0.3 is 12.1 Å². The van der Waals surface area contributed by atoms with Gasteiger partial charge in [-0.3, -0.25) is 9.69 Å². The summed E-state index contributed by atoms with van der Waals surface area (Å²) in [7, 11) is 0. The molecule has 0 fully saturated rings. The van der Waals surface area contributed by atoms with Gasteiger partial charge in [0.1, 0.15) is 5.82 Å². The van der Waals surface area contributed by atoms with Gasteiger partial charge in [-0.1, -0.05) is 18.2 Å². The molecule has 0 saturated carbocycles. The Hall–Kier alpha value is -3.23. The number of benzene rings is 1. The summed E-state index contributed by atoms with van der Waals surface area (Å²) in [4.78, 5) is 17.5. The van der Waals surface area contributed by atoms with Crippen LogP contribution < -0.4 is 4.90 Å². The molecule has 2 heterocycles. The molecular weight excluding hydrogens is 349 g/mol. The smallest absolute Gasteiger partial charge is 0.413 e. The van der Waals surface area contributed by atoms with Gasteiger partial charge in [0.2, 0.25) is 11.8 Å². The first-order valence-corrected chi connectivity index (χ1v) is 7.54. The molecule has 0 aliphatic rings. The number of hydrogen-bond acceptors (Lipinski definition) is 5. The molecule has 1 amide bonds. The van der Waals surface area contributed by atoms with Crippen LogP contribution in [-0.2, 0) is 17.5 Å². The normalized spacial score (nSPS) is 11.4. The van der Waals surface area contributed by atoms with E-state index in [0.29, 0.717) is 11.4 Å². The molecular formula is C17H13F3N4O2. The van der Waals surface area contributed by atoms with Crippen LogP contribution in [0.1, 0.15) is 18.4 Å². The third-order valence-electron chi connectivity index (χ3n) is 3.52. The quantitative estimate of drug-likeness (QED) is 0.708. The highest BCUT2D eigenvalue weighted by atomic mass is 19.4. The molecule has 3 aromatic rings. The van der Waals surface area contributed by atoms with Crippen molar-refractivity contribution in [2.45, 2.75) is 19.6 Å². The van der Waals surface area contributed by atoms with Crippen LogP contribution in [0.4, 0.5) is 19.0 Å². The summed E-state index contributed by atoms with van der Waals surface area (Å²) in [6, 6.07) is 11.7. The highest BCUT2D eigenvalue weighted by Gasteiger charge is 2.38. The van der Waals surface area contributed by atoms with Gasteiger partial charge in [0, 0.05) is 18.7 Å². The summed E-state index contributed by atoms with van der Waals surface area (Å²) in [6.07, 6.45) is -3.10. The summed E-state index contributed by atoms with van der Waals surface area (Å²) in [5, 5.41) is 6.40. The molecule has 0 atom stereocenters. The largest absolute Gasteiger partial charge is 0.470 e. The molecule has 2 aromatic heterocycles. The van der Waals surface area contributed by atoms with Gasteiger partial charge in [0.25, 0.3) is 0 Å². The van der Waals surface area contributed by atoms with Gasteiger partial charge in [0.05, 0.1) is 6.54 Å². The van der Waals surface area contributed by atoms with Crippen molar-refractivity contribution >= 4 is 11.7 Å². The van der Waals surface area contributed by atoms with E-state index in [2.05, 4.69) is 19.6 Å². The molecule has 134 valence electrons. The number of carbonyl (C=O) groups excluding carboxylic acids is 1. The Labute approximate surface area is 146 Å². The SMILES string of the molecule is CC(=O)N(Cc1ccc(-c2nnc(C(F)(F)F)o2)cc1)c1ccccn1. The Morgan fingerprint density at radius 2 is 1.85 bits per heavy atom. The lowest BCUT2D eigenvalue weighted by Gasteiger charge is -2.20. The zero-order valence-electron chi connectivity index (χ0n) is 13.6. The van der Waals surface area contributed by atoms with Crippen molar-refractivity contribution in [3.8, 4) is 11.5 Å². The van der Waals surface area contributed by atoms with E-state index in [9.17, 15) is 18.0 Å². The number of hydrogen-bond donors (Lipinski definition) is 0. The minimum Gasteiger partial charge on any atom is -0.413 e. The zero-order chi connectivity index (χ0) is 18.7. The van der Waals surface area contributed by atoms with Gasteiger partial charge < -0.3 is 4.42 Å². The Morgan fingerprint density at radius 3 is 2.38 bits per heavy atom. The van der Waals surface area contributed by atoms with Crippen molar-refractivity contribution in [1.29, 1.82) is 0 Å². The lowest BCUT2D eigenvalue weighted by molar-refractivity contribution is -0.156. The van der Waals surface area contributed by atoms with Crippen LogP contribution in [0.5, 0.6) is 0 Å². The van der Waals surface area contributed by atoms with Crippen LogP contribution in [0, 0.1) is 0 Å².